The fourth-order valence-corrected chi connectivity index (χ4v) is 2.46. The second-order valence-corrected chi connectivity index (χ2v) is 5.37. The lowest BCUT2D eigenvalue weighted by atomic mass is 10.1. The Kier molecular flexibility index (Phi) is 4.46. The van der Waals surface area contributed by atoms with Crippen LogP contribution < -0.4 is 0 Å². The van der Waals surface area contributed by atoms with E-state index in [1.165, 1.54) is 24.3 Å². The van der Waals surface area contributed by atoms with Gasteiger partial charge in [0.15, 0.2) is 11.6 Å². The minimum atomic E-state index is -0.285. The smallest absolute Gasteiger partial charge is 0.164 e. The van der Waals surface area contributed by atoms with Crippen molar-refractivity contribution in [1.82, 2.24) is 14.8 Å². The van der Waals surface area contributed by atoms with Crippen LogP contribution in [0.1, 0.15) is 19.8 Å². The molecule has 0 aliphatic heterocycles. The standard InChI is InChI=1S/C18H17F2N3/c1-2-3-12-23-17(13-4-8-15(19)9-5-13)21-22-18(23)14-6-10-16(20)11-7-14/h4-11H,2-3,12H2,1H3. The fraction of sp³-hybridized carbons (Fsp3) is 0.222. The summed E-state index contributed by atoms with van der Waals surface area (Å²) in [5.74, 6) is 0.815. The van der Waals surface area contributed by atoms with Crippen LogP contribution in [0.15, 0.2) is 48.5 Å². The molecule has 0 spiro atoms. The van der Waals surface area contributed by atoms with Gasteiger partial charge in [-0.3, -0.25) is 0 Å². The van der Waals surface area contributed by atoms with Gasteiger partial charge < -0.3 is 4.57 Å². The van der Waals surface area contributed by atoms with Crippen molar-refractivity contribution in [2.75, 3.05) is 0 Å². The maximum Gasteiger partial charge on any atom is 0.164 e. The van der Waals surface area contributed by atoms with Crippen molar-refractivity contribution in [1.29, 1.82) is 0 Å². The number of benzene rings is 2. The molecule has 0 amide bonds. The highest BCUT2D eigenvalue weighted by Crippen LogP contribution is 2.25. The van der Waals surface area contributed by atoms with Crippen LogP contribution in [0, 0.1) is 11.6 Å². The van der Waals surface area contributed by atoms with Gasteiger partial charge in [-0.15, -0.1) is 10.2 Å². The van der Waals surface area contributed by atoms with Crippen molar-refractivity contribution >= 4 is 0 Å². The number of hydrogen-bond acceptors (Lipinski definition) is 2. The average Bonchev–Trinajstić information content (AvgIpc) is 2.98. The monoisotopic (exact) mass is 313 g/mol. The van der Waals surface area contributed by atoms with E-state index in [-0.39, 0.29) is 11.6 Å². The molecule has 3 nitrogen and oxygen atoms in total. The molecule has 3 aromatic rings. The van der Waals surface area contributed by atoms with Gasteiger partial charge in [0.2, 0.25) is 0 Å². The molecule has 1 heterocycles. The summed E-state index contributed by atoms with van der Waals surface area (Å²) in [7, 11) is 0. The third-order valence-electron chi connectivity index (χ3n) is 3.69. The number of nitrogens with zero attached hydrogens (tertiary/aromatic N) is 3. The van der Waals surface area contributed by atoms with E-state index in [1.54, 1.807) is 24.3 Å². The zero-order chi connectivity index (χ0) is 16.2. The largest absolute Gasteiger partial charge is 0.307 e. The van der Waals surface area contributed by atoms with Crippen LogP contribution in [-0.4, -0.2) is 14.8 Å². The number of unbranched alkanes of at least 4 members (excludes halogenated alkanes) is 1. The predicted molar refractivity (Wildman–Crippen MR) is 85.7 cm³/mol. The summed E-state index contributed by atoms with van der Waals surface area (Å²) < 4.78 is 28.3. The molecule has 0 aliphatic carbocycles. The Morgan fingerprint density at radius 3 is 1.61 bits per heavy atom. The third-order valence-corrected chi connectivity index (χ3v) is 3.69. The van der Waals surface area contributed by atoms with Crippen LogP contribution in [0.3, 0.4) is 0 Å². The van der Waals surface area contributed by atoms with E-state index in [0.29, 0.717) is 11.6 Å². The molecule has 2 aromatic carbocycles. The lowest BCUT2D eigenvalue weighted by molar-refractivity contribution is 0.626. The first-order valence-corrected chi connectivity index (χ1v) is 7.64. The Balaban J connectivity index is 2.06. The van der Waals surface area contributed by atoms with Gasteiger partial charge in [-0.05, 0) is 55.0 Å². The summed E-state index contributed by atoms with van der Waals surface area (Å²) in [5.41, 5.74) is 1.62. The second-order valence-electron chi connectivity index (χ2n) is 5.37. The highest BCUT2D eigenvalue weighted by atomic mass is 19.1. The summed E-state index contributed by atoms with van der Waals surface area (Å²) in [6.45, 7) is 2.86. The topological polar surface area (TPSA) is 30.7 Å². The average molecular weight is 313 g/mol. The van der Waals surface area contributed by atoms with E-state index >= 15 is 0 Å². The zero-order valence-corrected chi connectivity index (χ0v) is 12.8. The van der Waals surface area contributed by atoms with E-state index in [0.717, 1.165) is 30.5 Å². The van der Waals surface area contributed by atoms with Crippen molar-refractivity contribution < 1.29 is 8.78 Å². The van der Waals surface area contributed by atoms with Crippen LogP contribution in [-0.2, 0) is 6.54 Å². The highest BCUT2D eigenvalue weighted by molar-refractivity contribution is 5.62. The van der Waals surface area contributed by atoms with Gasteiger partial charge in [0.05, 0.1) is 0 Å². The van der Waals surface area contributed by atoms with Gasteiger partial charge >= 0.3 is 0 Å². The molecule has 0 atom stereocenters. The van der Waals surface area contributed by atoms with Gasteiger partial charge in [0.1, 0.15) is 11.6 Å². The summed E-state index contributed by atoms with van der Waals surface area (Å²) in [5, 5.41) is 8.53. The number of aromatic nitrogens is 3. The molecule has 1 aromatic heterocycles. The highest BCUT2D eigenvalue weighted by Gasteiger charge is 2.15. The van der Waals surface area contributed by atoms with Crippen LogP contribution in [0.4, 0.5) is 8.78 Å². The molecular formula is C18H17F2N3. The SMILES string of the molecule is CCCCn1c(-c2ccc(F)cc2)nnc1-c1ccc(F)cc1. The zero-order valence-electron chi connectivity index (χ0n) is 12.8. The summed E-state index contributed by atoms with van der Waals surface area (Å²) >= 11 is 0. The van der Waals surface area contributed by atoms with E-state index in [2.05, 4.69) is 17.1 Å². The Bertz CT molecular complexity index is 714. The molecular weight excluding hydrogens is 296 g/mol. The van der Waals surface area contributed by atoms with Crippen molar-refractivity contribution in [3.8, 4) is 22.8 Å². The fourth-order valence-electron chi connectivity index (χ4n) is 2.46. The Labute approximate surface area is 133 Å². The third kappa shape index (κ3) is 3.28. The Morgan fingerprint density at radius 2 is 1.22 bits per heavy atom. The predicted octanol–water partition coefficient (Wildman–Crippen LogP) is 4.69. The molecule has 3 rings (SSSR count). The first-order chi connectivity index (χ1) is 11.2. The van der Waals surface area contributed by atoms with E-state index in [1.807, 2.05) is 4.57 Å². The van der Waals surface area contributed by atoms with Crippen LogP contribution in [0.2, 0.25) is 0 Å². The van der Waals surface area contributed by atoms with Gasteiger partial charge in [-0.25, -0.2) is 8.78 Å². The molecule has 0 saturated heterocycles. The lowest BCUT2D eigenvalue weighted by Crippen LogP contribution is -2.03. The minimum Gasteiger partial charge on any atom is -0.307 e. The van der Waals surface area contributed by atoms with Crippen LogP contribution in [0.25, 0.3) is 22.8 Å². The van der Waals surface area contributed by atoms with E-state index in [4.69, 9.17) is 0 Å². The van der Waals surface area contributed by atoms with Crippen molar-refractivity contribution in [3.63, 3.8) is 0 Å². The molecule has 0 fully saturated rings. The maximum atomic E-state index is 13.1. The van der Waals surface area contributed by atoms with Crippen molar-refractivity contribution in [3.05, 3.63) is 60.2 Å². The molecule has 0 aliphatic rings. The summed E-state index contributed by atoms with van der Waals surface area (Å²) in [6.07, 6.45) is 2.00. The van der Waals surface area contributed by atoms with Gasteiger partial charge in [0, 0.05) is 17.7 Å². The first kappa shape index (κ1) is 15.3. The number of rotatable bonds is 5. The minimum absolute atomic E-state index is 0.285. The van der Waals surface area contributed by atoms with Gasteiger partial charge in [-0.2, -0.15) is 0 Å². The molecule has 0 unspecified atom stereocenters. The normalized spacial score (nSPS) is 10.9. The first-order valence-electron chi connectivity index (χ1n) is 7.64. The summed E-state index contributed by atoms with van der Waals surface area (Å²) in [6, 6.07) is 12.4. The summed E-state index contributed by atoms with van der Waals surface area (Å²) in [4.78, 5) is 0. The molecule has 0 N–H and O–H groups in total. The molecule has 5 heteroatoms. The number of hydrogen-bond donors (Lipinski definition) is 0. The molecule has 0 saturated carbocycles. The second kappa shape index (κ2) is 6.69. The van der Waals surface area contributed by atoms with E-state index < -0.39 is 0 Å². The molecule has 118 valence electrons. The van der Waals surface area contributed by atoms with Crippen molar-refractivity contribution in [2.24, 2.45) is 0 Å². The number of halogens is 2. The van der Waals surface area contributed by atoms with Gasteiger partial charge in [-0.1, -0.05) is 13.3 Å². The van der Waals surface area contributed by atoms with Crippen LogP contribution in [0.5, 0.6) is 0 Å². The quantitative estimate of drug-likeness (QED) is 0.684. The van der Waals surface area contributed by atoms with E-state index in [9.17, 15) is 8.78 Å². The van der Waals surface area contributed by atoms with Crippen molar-refractivity contribution in [2.45, 2.75) is 26.3 Å². The van der Waals surface area contributed by atoms with Gasteiger partial charge in [0.25, 0.3) is 0 Å². The van der Waals surface area contributed by atoms with Crippen LogP contribution >= 0.6 is 0 Å². The maximum absolute atomic E-state index is 13.1. The molecule has 0 bridgehead atoms. The molecule has 23 heavy (non-hydrogen) atoms. The lowest BCUT2D eigenvalue weighted by Gasteiger charge is -2.10. The molecule has 0 radical (unpaired) electrons. The Morgan fingerprint density at radius 1 is 0.783 bits per heavy atom. The Hall–Kier alpha value is -2.56.